The lowest BCUT2D eigenvalue weighted by atomic mass is 9.87. The van der Waals surface area contributed by atoms with Gasteiger partial charge in [-0.25, -0.2) is 19.3 Å². The highest BCUT2D eigenvalue weighted by Gasteiger charge is 2.55. The molecule has 4 heterocycles. The van der Waals surface area contributed by atoms with Crippen molar-refractivity contribution in [2.45, 2.75) is 82.7 Å². The van der Waals surface area contributed by atoms with E-state index in [1.54, 1.807) is 11.3 Å². The van der Waals surface area contributed by atoms with Crippen molar-refractivity contribution in [3.63, 3.8) is 0 Å². The minimum Gasteiger partial charge on any atom is -0.790 e. The van der Waals surface area contributed by atoms with Crippen LogP contribution in [0.4, 0.5) is 5.82 Å². The second kappa shape index (κ2) is 21.3. The van der Waals surface area contributed by atoms with E-state index in [-0.39, 0.29) is 53.8 Å². The van der Waals surface area contributed by atoms with E-state index < -0.39 is 90.2 Å². The van der Waals surface area contributed by atoms with Gasteiger partial charge in [0.2, 0.25) is 11.8 Å². The van der Waals surface area contributed by atoms with Gasteiger partial charge in [-0.15, -0.1) is 11.3 Å². The summed E-state index contributed by atoms with van der Waals surface area (Å²) < 4.78 is 61.2. The number of aliphatic hydroxyl groups is 3. The summed E-state index contributed by atoms with van der Waals surface area (Å²) in [6.07, 6.45) is -5.89. The van der Waals surface area contributed by atoms with Crippen molar-refractivity contribution < 1.29 is 85.6 Å². The fraction of sp³-hybridized carbons (Fsp3) is 0.613. The predicted octanol–water partition coefficient (Wildman–Crippen LogP) is -2.24. The van der Waals surface area contributed by atoms with Crippen LogP contribution in [0.15, 0.2) is 30.2 Å². The van der Waals surface area contributed by atoms with Crippen LogP contribution in [0.2, 0.25) is 0 Å². The second-order valence-corrected chi connectivity index (χ2v) is 20.5. The first-order chi connectivity index (χ1) is 28.3. The van der Waals surface area contributed by atoms with Gasteiger partial charge in [-0.05, 0) is 31.2 Å². The molecule has 1 saturated heterocycles. The monoisotopic (exact) mass is 959 g/mol. The van der Waals surface area contributed by atoms with E-state index in [0.29, 0.717) is 12.8 Å². The second-order valence-electron chi connectivity index (χ2n) is 14.2. The average molecular weight is 960 g/mol. The molecule has 0 radical (unpaired) electrons. The zero-order valence-corrected chi connectivity index (χ0v) is 36.9. The number of phosphoric acid groups is 3. The molecule has 7 N–H and O–H groups in total. The van der Waals surface area contributed by atoms with E-state index >= 15 is 0 Å². The van der Waals surface area contributed by atoms with Gasteiger partial charge < -0.3 is 74.1 Å². The lowest BCUT2D eigenvalue weighted by molar-refractivity contribution is -0.347. The van der Waals surface area contributed by atoms with Crippen molar-refractivity contribution in [1.82, 2.24) is 30.2 Å². The molecule has 30 heteroatoms. The molecule has 3 aromatic rings. The van der Waals surface area contributed by atoms with Crippen molar-refractivity contribution in [3.8, 4) is 0 Å². The number of hydrogen-bond acceptors (Lipinski definition) is 24. The zero-order chi connectivity index (χ0) is 45.4. The molecule has 25 nitrogen and oxygen atoms in total. The Morgan fingerprint density at radius 1 is 1.10 bits per heavy atom. The topological polar surface area (TPSA) is 395 Å². The summed E-state index contributed by atoms with van der Waals surface area (Å²) in [5.41, 5.74) is 1.99. The van der Waals surface area contributed by atoms with Crippen LogP contribution < -0.4 is 35.9 Å². The maximum absolute atomic E-state index is 12.6. The van der Waals surface area contributed by atoms with Crippen molar-refractivity contribution >= 4 is 80.5 Å². The summed E-state index contributed by atoms with van der Waals surface area (Å²) in [6.45, 7) is 1.11. The molecule has 8 unspecified atom stereocenters. The molecule has 342 valence electrons. The molecule has 0 aliphatic carbocycles. The van der Waals surface area contributed by atoms with Crippen LogP contribution in [-0.4, -0.2) is 114 Å². The Hall–Kier alpha value is -2.78. The SMILES string of the molecule is CC(C)(COP(=O)([O-])OP(=O)([O-])OCC1OC(C)(n2cnc3c(N)ncnc32)C(O)C1OP(=O)([O-])[O-])C(O)C(=O)NCCC(=O)NCCSC(=O)CC(O)CCc1cccs1. The first kappa shape index (κ1) is 50.9. The molecular formula is C31H44N7O18P3S2-4. The summed E-state index contributed by atoms with van der Waals surface area (Å²) in [4.78, 5) is 98.0. The van der Waals surface area contributed by atoms with Crippen LogP contribution in [0.5, 0.6) is 0 Å². The van der Waals surface area contributed by atoms with E-state index in [4.69, 9.17) is 10.5 Å². The fourth-order valence-corrected chi connectivity index (χ4v) is 9.90. The van der Waals surface area contributed by atoms with Crippen LogP contribution in [0.3, 0.4) is 0 Å². The molecular weight excluding hydrogens is 915 g/mol. The first-order valence-corrected chi connectivity index (χ1v) is 24.3. The van der Waals surface area contributed by atoms with E-state index in [2.05, 4.69) is 43.5 Å². The number of nitrogens with one attached hydrogen (secondary N) is 2. The molecule has 8 atom stereocenters. The number of imidazole rings is 1. The predicted molar refractivity (Wildman–Crippen MR) is 206 cm³/mol. The van der Waals surface area contributed by atoms with Gasteiger partial charge in [0.05, 0.1) is 33.5 Å². The third-order valence-corrected chi connectivity index (χ3v) is 13.8. The van der Waals surface area contributed by atoms with E-state index in [1.807, 2.05) is 17.5 Å². The molecule has 3 aromatic heterocycles. The largest absolute Gasteiger partial charge is 0.790 e. The van der Waals surface area contributed by atoms with Gasteiger partial charge in [-0.1, -0.05) is 31.7 Å². The van der Waals surface area contributed by atoms with Gasteiger partial charge in [0.1, 0.15) is 36.3 Å². The fourth-order valence-electron chi connectivity index (χ4n) is 5.70. The normalized spacial score (nSPS) is 22.6. The number of anilines is 1. The number of ether oxygens (including phenoxy) is 1. The van der Waals surface area contributed by atoms with Gasteiger partial charge in [0, 0.05) is 42.0 Å². The van der Waals surface area contributed by atoms with Crippen LogP contribution in [-0.2, 0) is 62.8 Å². The van der Waals surface area contributed by atoms with Gasteiger partial charge >= 0.3 is 0 Å². The van der Waals surface area contributed by atoms with Gasteiger partial charge in [0.15, 0.2) is 22.3 Å². The number of hydrogen-bond donors (Lipinski definition) is 6. The highest BCUT2D eigenvalue weighted by molar-refractivity contribution is 8.13. The Bertz CT molecular complexity index is 2130. The van der Waals surface area contributed by atoms with Gasteiger partial charge in [-0.2, -0.15) is 0 Å². The molecule has 2 amide bonds. The number of aryl methyl sites for hydroxylation is 1. The van der Waals surface area contributed by atoms with Crippen LogP contribution >= 0.6 is 46.6 Å². The lowest BCUT2D eigenvalue weighted by Crippen LogP contribution is -2.46. The maximum atomic E-state index is 12.6. The number of nitrogens with two attached hydrogens (primary N) is 1. The molecule has 0 aromatic carbocycles. The Labute approximate surface area is 356 Å². The van der Waals surface area contributed by atoms with E-state index in [1.165, 1.54) is 20.8 Å². The lowest BCUT2D eigenvalue weighted by Gasteiger charge is -2.36. The Balaban J connectivity index is 1.20. The summed E-state index contributed by atoms with van der Waals surface area (Å²) in [5, 5.41) is 38.3. The van der Waals surface area contributed by atoms with Crippen LogP contribution in [0.25, 0.3) is 11.2 Å². The minimum absolute atomic E-state index is 0.0302. The number of aromatic nitrogens is 4. The highest BCUT2D eigenvalue weighted by Crippen LogP contribution is 2.56. The maximum Gasteiger partial charge on any atom is 0.274 e. The molecule has 1 aliphatic rings. The quantitative estimate of drug-likeness (QED) is 0.0408. The number of amides is 2. The van der Waals surface area contributed by atoms with E-state index in [0.717, 1.165) is 33.9 Å². The number of carbonyl (C=O) groups excluding carboxylic acids is 3. The molecule has 4 rings (SSSR count). The molecule has 0 spiro atoms. The Morgan fingerprint density at radius 2 is 1.80 bits per heavy atom. The number of fused-ring (bicyclic) bond motifs is 1. The summed E-state index contributed by atoms with van der Waals surface area (Å²) in [5.74, 6) is -1.38. The smallest absolute Gasteiger partial charge is 0.274 e. The number of nitrogen functional groups attached to an aromatic ring is 1. The Morgan fingerprint density at radius 3 is 2.48 bits per heavy atom. The number of aliphatic hydroxyl groups excluding tert-OH is 3. The van der Waals surface area contributed by atoms with Gasteiger partial charge in [0.25, 0.3) is 15.6 Å². The van der Waals surface area contributed by atoms with Crippen LogP contribution in [0.1, 0.15) is 44.9 Å². The molecule has 0 saturated carbocycles. The highest BCUT2D eigenvalue weighted by atomic mass is 32.2. The number of nitrogens with zero attached hydrogens (tertiary/aromatic N) is 4. The van der Waals surface area contributed by atoms with Crippen molar-refractivity contribution in [3.05, 3.63) is 35.0 Å². The van der Waals surface area contributed by atoms with Crippen molar-refractivity contribution in [1.29, 1.82) is 0 Å². The third-order valence-electron chi connectivity index (χ3n) is 8.93. The number of thioether (sulfide) groups is 1. The standard InChI is InChI=1S/C31H48N7O18P3S2/c1-30(2,26(43)29(44)34-9-8-21(40)33-10-12-61-22(41)13-18(39)6-7-19-5-4-11-60-19)15-53-59(50,51)56-58(48,49)52-14-20-24(55-57(45,46)47)25(42)31(3,54-20)38-17-37-23-27(32)35-16-36-28(23)38/h4-5,11,16-18,20,24-26,39,42-43H,6-10,12-15H2,1-3H3,(H,33,40)(H,34,44)(H,48,49)(H,50,51)(H2,32,35,36)(H2,45,46,47)/p-4. The van der Waals surface area contributed by atoms with Gasteiger partial charge in [-0.3, -0.25) is 28.1 Å². The summed E-state index contributed by atoms with van der Waals surface area (Å²) >= 11 is 2.52. The number of carbonyl (C=O) groups is 3. The molecule has 1 aliphatic heterocycles. The number of phosphoric ester groups is 3. The summed E-state index contributed by atoms with van der Waals surface area (Å²) in [7, 11) is -17.7. The first-order valence-electron chi connectivity index (χ1n) is 18.0. The minimum atomic E-state index is -5.95. The zero-order valence-electron chi connectivity index (χ0n) is 32.6. The molecule has 61 heavy (non-hydrogen) atoms. The van der Waals surface area contributed by atoms with Crippen molar-refractivity contribution in [2.75, 3.05) is 37.8 Å². The average Bonchev–Trinajstić information content (AvgIpc) is 3.90. The number of thiophene rings is 1. The number of rotatable bonds is 24. The third kappa shape index (κ3) is 14.9. The van der Waals surface area contributed by atoms with E-state index in [9.17, 15) is 63.0 Å². The molecule has 1 fully saturated rings. The summed E-state index contributed by atoms with van der Waals surface area (Å²) in [6, 6.07) is 3.85. The molecule has 0 bridgehead atoms. The van der Waals surface area contributed by atoms with Crippen LogP contribution in [0, 0.1) is 5.41 Å². The Kier molecular flexibility index (Phi) is 17.7. The van der Waals surface area contributed by atoms with Crippen molar-refractivity contribution in [2.24, 2.45) is 5.41 Å².